The Morgan fingerprint density at radius 1 is 0.966 bits per heavy atom. The highest BCUT2D eigenvalue weighted by atomic mass is 16.5. The Hall–Kier alpha value is -3.27. The van der Waals surface area contributed by atoms with E-state index < -0.39 is 0 Å². The lowest BCUT2D eigenvalue weighted by atomic mass is 10.0. The largest absolute Gasteiger partial charge is 0.497 e. The third kappa shape index (κ3) is 3.83. The van der Waals surface area contributed by atoms with E-state index in [0.717, 1.165) is 29.1 Å². The van der Waals surface area contributed by atoms with Crippen molar-refractivity contribution < 1.29 is 9.53 Å². The monoisotopic (exact) mass is 386 g/mol. The van der Waals surface area contributed by atoms with Gasteiger partial charge in [-0.05, 0) is 60.4 Å². The summed E-state index contributed by atoms with van der Waals surface area (Å²) in [5.41, 5.74) is 4.73. The molecule has 0 aromatic heterocycles. The first-order chi connectivity index (χ1) is 14.2. The highest BCUT2D eigenvalue weighted by molar-refractivity contribution is 6.12. The zero-order valence-corrected chi connectivity index (χ0v) is 16.9. The molecule has 0 bridgehead atoms. The van der Waals surface area contributed by atoms with Gasteiger partial charge in [-0.2, -0.15) is 0 Å². The first-order valence-corrected chi connectivity index (χ1v) is 10.1. The number of methoxy groups -OCH3 is 1. The van der Waals surface area contributed by atoms with Crippen LogP contribution in [0.4, 0.5) is 11.4 Å². The average molecular weight is 386 g/mol. The Bertz CT molecular complexity index is 980. The number of nitrogens with one attached hydrogen (secondary N) is 1. The number of nitrogens with zero attached hydrogens (tertiary/aromatic N) is 1. The van der Waals surface area contributed by atoms with Gasteiger partial charge in [-0.25, -0.2) is 0 Å². The molecule has 1 unspecified atom stereocenters. The van der Waals surface area contributed by atoms with Crippen LogP contribution >= 0.6 is 0 Å². The van der Waals surface area contributed by atoms with Crippen molar-refractivity contribution in [2.45, 2.75) is 32.4 Å². The summed E-state index contributed by atoms with van der Waals surface area (Å²) in [4.78, 5) is 15.3. The van der Waals surface area contributed by atoms with E-state index in [2.05, 4.69) is 36.5 Å². The summed E-state index contributed by atoms with van der Waals surface area (Å²) < 4.78 is 5.29. The Kier molecular flexibility index (Phi) is 5.52. The van der Waals surface area contributed by atoms with Crippen molar-refractivity contribution in [1.82, 2.24) is 0 Å². The lowest BCUT2D eigenvalue weighted by molar-refractivity contribution is 0.0975. The van der Waals surface area contributed by atoms with Crippen LogP contribution in [0.15, 0.2) is 72.8 Å². The molecular weight excluding hydrogens is 360 g/mol. The molecule has 1 amide bonds. The molecule has 3 aromatic rings. The third-order valence-corrected chi connectivity index (χ3v) is 5.39. The smallest absolute Gasteiger partial charge is 0.262 e. The highest BCUT2D eigenvalue weighted by Gasteiger charge is 2.33. The van der Waals surface area contributed by atoms with Crippen molar-refractivity contribution in [3.8, 4) is 5.75 Å². The minimum Gasteiger partial charge on any atom is -0.497 e. The van der Waals surface area contributed by atoms with E-state index in [0.29, 0.717) is 5.56 Å². The fourth-order valence-electron chi connectivity index (χ4n) is 3.74. The lowest BCUT2D eigenvalue weighted by Crippen LogP contribution is -2.43. The summed E-state index contributed by atoms with van der Waals surface area (Å²) in [6.45, 7) is 2.20. The van der Waals surface area contributed by atoms with Crippen LogP contribution in [0.5, 0.6) is 5.75 Å². The summed E-state index contributed by atoms with van der Waals surface area (Å²) >= 11 is 0. The molecule has 4 nitrogen and oxygen atoms in total. The molecule has 4 rings (SSSR count). The van der Waals surface area contributed by atoms with Crippen molar-refractivity contribution in [1.29, 1.82) is 0 Å². The Labute approximate surface area is 172 Å². The van der Waals surface area contributed by atoms with E-state index in [9.17, 15) is 4.79 Å². The molecule has 1 atom stereocenters. The predicted octanol–water partition coefficient (Wildman–Crippen LogP) is 5.81. The maximum Gasteiger partial charge on any atom is 0.262 e. The van der Waals surface area contributed by atoms with Crippen LogP contribution in [0.2, 0.25) is 0 Å². The summed E-state index contributed by atoms with van der Waals surface area (Å²) in [7, 11) is 1.65. The minimum absolute atomic E-state index is 0.00137. The zero-order chi connectivity index (χ0) is 20.2. The van der Waals surface area contributed by atoms with Crippen LogP contribution in [0.25, 0.3) is 0 Å². The number of aryl methyl sites for hydroxylation is 1. The Balaban J connectivity index is 1.73. The van der Waals surface area contributed by atoms with Gasteiger partial charge in [0.25, 0.3) is 5.91 Å². The second kappa shape index (κ2) is 8.39. The van der Waals surface area contributed by atoms with Gasteiger partial charge in [-0.1, -0.05) is 49.7 Å². The standard InChI is InChI=1S/C25H26N2O2/c1-3-4-7-18-10-14-20(15-11-18)27-24(19-12-16-21(29-2)17-13-19)26-23-9-6-5-8-22(23)25(27)28/h5-6,8-17,24,26H,3-4,7H2,1-2H3. The number of rotatable bonds is 6. The van der Waals surface area contributed by atoms with Crippen LogP contribution in [-0.2, 0) is 6.42 Å². The number of unbranched alkanes of at least 4 members (excludes halogenated alkanes) is 1. The maximum absolute atomic E-state index is 13.4. The van der Waals surface area contributed by atoms with Crippen LogP contribution < -0.4 is 15.0 Å². The number of carbonyl (C=O) groups is 1. The van der Waals surface area contributed by atoms with E-state index in [4.69, 9.17) is 4.74 Å². The predicted molar refractivity (Wildman–Crippen MR) is 118 cm³/mol. The van der Waals surface area contributed by atoms with Crippen molar-refractivity contribution >= 4 is 17.3 Å². The minimum atomic E-state index is -0.287. The number of anilines is 2. The second-order valence-electron chi connectivity index (χ2n) is 7.31. The maximum atomic E-state index is 13.4. The van der Waals surface area contributed by atoms with Gasteiger partial charge in [-0.3, -0.25) is 9.69 Å². The molecule has 0 saturated carbocycles. The molecule has 0 spiro atoms. The van der Waals surface area contributed by atoms with Gasteiger partial charge in [0.1, 0.15) is 11.9 Å². The molecule has 1 aliphatic rings. The van der Waals surface area contributed by atoms with Crippen molar-refractivity contribution in [3.63, 3.8) is 0 Å². The zero-order valence-electron chi connectivity index (χ0n) is 16.9. The second-order valence-corrected chi connectivity index (χ2v) is 7.31. The van der Waals surface area contributed by atoms with E-state index >= 15 is 0 Å². The molecule has 1 heterocycles. The molecule has 0 radical (unpaired) electrons. The van der Waals surface area contributed by atoms with Gasteiger partial charge in [0.05, 0.1) is 12.7 Å². The highest BCUT2D eigenvalue weighted by Crippen LogP contribution is 2.37. The summed E-state index contributed by atoms with van der Waals surface area (Å²) in [5.74, 6) is 0.796. The van der Waals surface area contributed by atoms with Gasteiger partial charge in [-0.15, -0.1) is 0 Å². The fourth-order valence-corrected chi connectivity index (χ4v) is 3.74. The first kappa shape index (κ1) is 19.1. The summed E-state index contributed by atoms with van der Waals surface area (Å²) in [6.07, 6.45) is 3.12. The Morgan fingerprint density at radius 3 is 2.38 bits per heavy atom. The first-order valence-electron chi connectivity index (χ1n) is 10.1. The summed E-state index contributed by atoms with van der Waals surface area (Å²) in [5, 5.41) is 3.54. The molecule has 0 aliphatic carbocycles. The molecule has 3 aromatic carbocycles. The van der Waals surface area contributed by atoms with Gasteiger partial charge >= 0.3 is 0 Å². The number of para-hydroxylation sites is 1. The third-order valence-electron chi connectivity index (χ3n) is 5.39. The number of carbonyl (C=O) groups excluding carboxylic acids is 1. The van der Waals surface area contributed by atoms with Gasteiger partial charge in [0, 0.05) is 11.4 Å². The van der Waals surface area contributed by atoms with Crippen LogP contribution in [0, 0.1) is 0 Å². The number of benzene rings is 3. The normalized spacial score (nSPS) is 15.6. The number of hydrogen-bond acceptors (Lipinski definition) is 3. The van der Waals surface area contributed by atoms with Crippen LogP contribution in [0.3, 0.4) is 0 Å². The van der Waals surface area contributed by atoms with Crippen LogP contribution in [-0.4, -0.2) is 13.0 Å². The molecule has 4 heteroatoms. The van der Waals surface area contributed by atoms with E-state index in [1.807, 2.05) is 53.4 Å². The van der Waals surface area contributed by atoms with Crippen molar-refractivity contribution in [2.75, 3.05) is 17.3 Å². The molecule has 1 aliphatic heterocycles. The lowest BCUT2D eigenvalue weighted by Gasteiger charge is -2.38. The van der Waals surface area contributed by atoms with Gasteiger partial charge < -0.3 is 10.1 Å². The number of ether oxygens (including phenoxy) is 1. The molecule has 0 saturated heterocycles. The van der Waals surface area contributed by atoms with E-state index in [1.54, 1.807) is 7.11 Å². The van der Waals surface area contributed by atoms with Gasteiger partial charge in [0.15, 0.2) is 0 Å². The number of hydrogen-bond donors (Lipinski definition) is 1. The average Bonchev–Trinajstić information content (AvgIpc) is 2.78. The molecule has 29 heavy (non-hydrogen) atoms. The number of fused-ring (bicyclic) bond motifs is 1. The van der Waals surface area contributed by atoms with Crippen LogP contribution in [0.1, 0.15) is 47.4 Å². The van der Waals surface area contributed by atoms with Crippen molar-refractivity contribution in [3.05, 3.63) is 89.5 Å². The van der Waals surface area contributed by atoms with E-state index in [1.165, 1.54) is 18.4 Å². The van der Waals surface area contributed by atoms with Gasteiger partial charge in [0.2, 0.25) is 0 Å². The summed E-state index contributed by atoms with van der Waals surface area (Å²) in [6, 6.07) is 23.9. The molecule has 1 N–H and O–H groups in total. The topological polar surface area (TPSA) is 41.6 Å². The molecule has 148 valence electrons. The van der Waals surface area contributed by atoms with E-state index in [-0.39, 0.29) is 12.1 Å². The number of amides is 1. The van der Waals surface area contributed by atoms with Crippen molar-refractivity contribution in [2.24, 2.45) is 0 Å². The molecule has 0 fully saturated rings. The SMILES string of the molecule is CCCCc1ccc(N2C(=O)c3ccccc3NC2c2ccc(OC)cc2)cc1. The Morgan fingerprint density at radius 2 is 1.69 bits per heavy atom. The quantitative estimate of drug-likeness (QED) is 0.581. The fraction of sp³-hybridized carbons (Fsp3) is 0.240. The molecular formula is C25H26N2O2.